The minimum atomic E-state index is 0.119. The van der Waals surface area contributed by atoms with Gasteiger partial charge in [-0.3, -0.25) is 4.79 Å². The Morgan fingerprint density at radius 1 is 1.10 bits per heavy atom. The summed E-state index contributed by atoms with van der Waals surface area (Å²) >= 11 is 0. The molecule has 2 N–H and O–H groups in total. The Morgan fingerprint density at radius 2 is 1.75 bits per heavy atom. The van der Waals surface area contributed by atoms with Gasteiger partial charge in [-0.15, -0.1) is 0 Å². The molecule has 4 heteroatoms. The summed E-state index contributed by atoms with van der Waals surface area (Å²) in [6, 6.07) is 7.81. The van der Waals surface area contributed by atoms with Crippen LogP contribution >= 0.6 is 0 Å². The highest BCUT2D eigenvalue weighted by Crippen LogP contribution is 2.09. The number of benzene rings is 1. The van der Waals surface area contributed by atoms with Crippen LogP contribution in [-0.2, 0) is 6.42 Å². The highest BCUT2D eigenvalue weighted by atomic mass is 16.2. The van der Waals surface area contributed by atoms with Gasteiger partial charge in [-0.05, 0) is 51.2 Å². The number of amides is 1. The van der Waals surface area contributed by atoms with Crippen molar-refractivity contribution in [3.63, 3.8) is 0 Å². The summed E-state index contributed by atoms with van der Waals surface area (Å²) in [6.45, 7) is 5.19. The van der Waals surface area contributed by atoms with Crippen LogP contribution in [0.2, 0.25) is 0 Å². The fraction of sp³-hybridized carbons (Fsp3) is 0.562. The van der Waals surface area contributed by atoms with E-state index < -0.39 is 0 Å². The molecule has 1 aromatic rings. The molecular formula is C16H27N3O. The highest BCUT2D eigenvalue weighted by molar-refractivity contribution is 5.94. The maximum Gasteiger partial charge on any atom is 0.253 e. The number of hydrogen-bond acceptors (Lipinski definition) is 3. The molecule has 20 heavy (non-hydrogen) atoms. The third kappa shape index (κ3) is 5.31. The molecule has 0 heterocycles. The van der Waals surface area contributed by atoms with Crippen LogP contribution in [0.15, 0.2) is 24.3 Å². The van der Waals surface area contributed by atoms with Crippen LogP contribution in [0, 0.1) is 0 Å². The van der Waals surface area contributed by atoms with E-state index in [0.717, 1.165) is 38.0 Å². The molecule has 0 saturated carbocycles. The normalized spacial score (nSPS) is 10.8. The molecule has 112 valence electrons. The highest BCUT2D eigenvalue weighted by Gasteiger charge is 2.14. The van der Waals surface area contributed by atoms with Crippen molar-refractivity contribution in [3.8, 4) is 0 Å². The van der Waals surface area contributed by atoms with Gasteiger partial charge in [0.15, 0.2) is 0 Å². The number of rotatable bonds is 8. The molecule has 0 unspecified atom stereocenters. The van der Waals surface area contributed by atoms with Crippen LogP contribution in [0.5, 0.6) is 0 Å². The average molecular weight is 277 g/mol. The third-order valence-electron chi connectivity index (χ3n) is 3.23. The topological polar surface area (TPSA) is 49.6 Å². The maximum atomic E-state index is 12.5. The van der Waals surface area contributed by atoms with Crippen molar-refractivity contribution in [2.75, 3.05) is 40.3 Å². The van der Waals surface area contributed by atoms with Crippen molar-refractivity contribution in [1.82, 2.24) is 9.80 Å². The second-order valence-electron chi connectivity index (χ2n) is 5.33. The van der Waals surface area contributed by atoms with Crippen LogP contribution in [0.3, 0.4) is 0 Å². The minimum Gasteiger partial charge on any atom is -0.337 e. The first-order chi connectivity index (χ1) is 9.58. The van der Waals surface area contributed by atoms with Crippen molar-refractivity contribution >= 4 is 5.91 Å². The van der Waals surface area contributed by atoms with Crippen molar-refractivity contribution in [2.24, 2.45) is 5.73 Å². The predicted molar refractivity (Wildman–Crippen MR) is 83.9 cm³/mol. The summed E-state index contributed by atoms with van der Waals surface area (Å²) in [7, 11) is 4.05. The van der Waals surface area contributed by atoms with Crippen molar-refractivity contribution in [3.05, 3.63) is 35.4 Å². The van der Waals surface area contributed by atoms with Gasteiger partial charge in [-0.25, -0.2) is 0 Å². The van der Waals surface area contributed by atoms with E-state index in [1.54, 1.807) is 0 Å². The maximum absolute atomic E-state index is 12.5. The summed E-state index contributed by atoms with van der Waals surface area (Å²) in [5, 5.41) is 0. The summed E-state index contributed by atoms with van der Waals surface area (Å²) in [4.78, 5) is 16.5. The summed E-state index contributed by atoms with van der Waals surface area (Å²) in [5.74, 6) is 0.119. The molecule has 1 rings (SSSR count). The first kappa shape index (κ1) is 16.7. The zero-order valence-electron chi connectivity index (χ0n) is 12.9. The van der Waals surface area contributed by atoms with Gasteiger partial charge >= 0.3 is 0 Å². The second-order valence-corrected chi connectivity index (χ2v) is 5.33. The molecule has 0 aliphatic rings. The standard InChI is InChI=1S/C16H27N3O/c1-4-11-19(13-12-18(2)3)16(20)15-7-5-14(6-8-15)9-10-17/h5-8H,4,9-13,17H2,1-3H3. The fourth-order valence-electron chi connectivity index (χ4n) is 2.07. The molecule has 0 radical (unpaired) electrons. The molecular weight excluding hydrogens is 250 g/mol. The predicted octanol–water partition coefficient (Wildman–Crippen LogP) is 1.60. The molecule has 0 saturated heterocycles. The quantitative estimate of drug-likeness (QED) is 0.785. The van der Waals surface area contributed by atoms with Crippen LogP contribution < -0.4 is 5.73 Å². The molecule has 0 spiro atoms. The van der Waals surface area contributed by atoms with Crippen molar-refractivity contribution in [1.29, 1.82) is 0 Å². The molecule has 0 fully saturated rings. The fourth-order valence-corrected chi connectivity index (χ4v) is 2.07. The molecule has 0 bridgehead atoms. The lowest BCUT2D eigenvalue weighted by atomic mass is 10.1. The molecule has 0 aliphatic heterocycles. The molecule has 0 aromatic heterocycles. The second kappa shape index (κ2) is 8.72. The first-order valence-electron chi connectivity index (χ1n) is 7.31. The van der Waals surface area contributed by atoms with Gasteiger partial charge in [0.1, 0.15) is 0 Å². The van der Waals surface area contributed by atoms with E-state index in [9.17, 15) is 4.79 Å². The van der Waals surface area contributed by atoms with Gasteiger partial charge in [-0.2, -0.15) is 0 Å². The molecule has 1 amide bonds. The van der Waals surface area contributed by atoms with E-state index in [4.69, 9.17) is 5.73 Å². The molecule has 0 aliphatic carbocycles. The number of nitrogens with zero attached hydrogens (tertiary/aromatic N) is 2. The monoisotopic (exact) mass is 277 g/mol. The number of carbonyl (C=O) groups excluding carboxylic acids is 1. The Labute approximate surface area is 122 Å². The number of carbonyl (C=O) groups is 1. The van der Waals surface area contributed by atoms with Crippen LogP contribution in [0.1, 0.15) is 29.3 Å². The van der Waals surface area contributed by atoms with Gasteiger partial charge in [0.05, 0.1) is 0 Å². The third-order valence-corrected chi connectivity index (χ3v) is 3.23. The van der Waals surface area contributed by atoms with E-state index >= 15 is 0 Å². The van der Waals surface area contributed by atoms with Crippen LogP contribution in [-0.4, -0.2) is 56.0 Å². The van der Waals surface area contributed by atoms with Gasteiger partial charge in [0, 0.05) is 25.2 Å². The van der Waals surface area contributed by atoms with Crippen LogP contribution in [0.4, 0.5) is 0 Å². The Hall–Kier alpha value is -1.39. The lowest BCUT2D eigenvalue weighted by molar-refractivity contribution is 0.0745. The average Bonchev–Trinajstić information content (AvgIpc) is 2.44. The lowest BCUT2D eigenvalue weighted by Gasteiger charge is -2.24. The van der Waals surface area contributed by atoms with Gasteiger partial charge in [0.25, 0.3) is 5.91 Å². The smallest absolute Gasteiger partial charge is 0.253 e. The molecule has 4 nitrogen and oxygen atoms in total. The molecule has 1 aromatic carbocycles. The number of nitrogens with two attached hydrogens (primary N) is 1. The zero-order chi connectivity index (χ0) is 15.0. The first-order valence-corrected chi connectivity index (χ1v) is 7.31. The Bertz CT molecular complexity index is 401. The lowest BCUT2D eigenvalue weighted by Crippen LogP contribution is -2.37. The van der Waals surface area contributed by atoms with Crippen LogP contribution in [0.25, 0.3) is 0 Å². The van der Waals surface area contributed by atoms with E-state index in [1.165, 1.54) is 5.56 Å². The Morgan fingerprint density at radius 3 is 2.25 bits per heavy atom. The summed E-state index contributed by atoms with van der Waals surface area (Å²) in [6.07, 6.45) is 1.83. The number of likely N-dealkylation sites (N-methyl/N-ethyl adjacent to an activating group) is 1. The van der Waals surface area contributed by atoms with Gasteiger partial charge in [0.2, 0.25) is 0 Å². The van der Waals surface area contributed by atoms with E-state index in [1.807, 2.05) is 43.3 Å². The largest absolute Gasteiger partial charge is 0.337 e. The Kier molecular flexibility index (Phi) is 7.26. The van der Waals surface area contributed by atoms with E-state index in [0.29, 0.717) is 6.54 Å². The Balaban J connectivity index is 2.72. The van der Waals surface area contributed by atoms with Crippen molar-refractivity contribution in [2.45, 2.75) is 19.8 Å². The summed E-state index contributed by atoms with van der Waals surface area (Å²) in [5.41, 5.74) is 7.48. The SMILES string of the molecule is CCCN(CCN(C)C)C(=O)c1ccc(CCN)cc1. The summed E-state index contributed by atoms with van der Waals surface area (Å²) < 4.78 is 0. The van der Waals surface area contributed by atoms with E-state index in [-0.39, 0.29) is 5.91 Å². The van der Waals surface area contributed by atoms with E-state index in [2.05, 4.69) is 11.8 Å². The minimum absolute atomic E-state index is 0.119. The zero-order valence-corrected chi connectivity index (χ0v) is 12.9. The van der Waals surface area contributed by atoms with Gasteiger partial charge < -0.3 is 15.5 Å². The van der Waals surface area contributed by atoms with Crippen molar-refractivity contribution < 1.29 is 4.79 Å². The van der Waals surface area contributed by atoms with Gasteiger partial charge in [-0.1, -0.05) is 19.1 Å². The molecule has 0 atom stereocenters. The number of hydrogen-bond donors (Lipinski definition) is 1.